The Balaban J connectivity index is 1.52. The molecule has 0 aromatic rings. The van der Waals surface area contributed by atoms with Crippen LogP contribution in [0.25, 0.3) is 0 Å². The zero-order chi connectivity index (χ0) is 23.5. The van der Waals surface area contributed by atoms with Gasteiger partial charge in [0, 0.05) is 6.42 Å². The quantitative estimate of drug-likeness (QED) is 0.493. The number of hydrogen-bond donors (Lipinski definition) is 3. The summed E-state index contributed by atoms with van der Waals surface area (Å²) < 4.78 is 36.4. The number of aliphatic hydroxyl groups excluding tert-OH is 1. The van der Waals surface area contributed by atoms with Crippen molar-refractivity contribution in [3.63, 3.8) is 0 Å². The van der Waals surface area contributed by atoms with E-state index in [9.17, 15) is 18.3 Å². The van der Waals surface area contributed by atoms with Crippen molar-refractivity contribution in [2.45, 2.75) is 97.2 Å². The Labute approximate surface area is 192 Å². The summed E-state index contributed by atoms with van der Waals surface area (Å²) in [5, 5.41) is 20.5. The molecule has 0 heterocycles. The number of carboxylic acids is 1. The van der Waals surface area contributed by atoms with Gasteiger partial charge in [-0.3, -0.25) is 9.35 Å². The first kappa shape index (κ1) is 24.4. The molecule has 8 heteroatoms. The first-order valence-corrected chi connectivity index (χ1v) is 13.8. The van der Waals surface area contributed by atoms with Crippen LogP contribution in [0.3, 0.4) is 0 Å². The number of aliphatic hydroxyl groups is 1. The lowest BCUT2D eigenvalue weighted by atomic mass is 9.43. The molecule has 7 nitrogen and oxygen atoms in total. The topological polar surface area (TPSA) is 121 Å². The summed E-state index contributed by atoms with van der Waals surface area (Å²) in [7, 11) is -4.46. The number of carbonyl (C=O) groups is 1. The summed E-state index contributed by atoms with van der Waals surface area (Å²) in [6.07, 6.45) is 7.11. The maximum atomic E-state index is 11.4. The highest BCUT2D eigenvalue weighted by Gasteiger charge is 2.63. The Kier molecular flexibility index (Phi) is 6.49. The highest BCUT2D eigenvalue weighted by atomic mass is 32.3. The summed E-state index contributed by atoms with van der Waals surface area (Å²) in [5.74, 6) is 1.46. The molecule has 4 fully saturated rings. The second kappa shape index (κ2) is 8.51. The van der Waals surface area contributed by atoms with Crippen molar-refractivity contribution in [2.24, 2.45) is 46.3 Å². The Morgan fingerprint density at radius 1 is 1.06 bits per heavy atom. The van der Waals surface area contributed by atoms with Crippen LogP contribution in [0.15, 0.2) is 0 Å². The van der Waals surface area contributed by atoms with Crippen LogP contribution in [0.2, 0.25) is 0 Å². The Hall–Kier alpha value is -0.700. The minimum Gasteiger partial charge on any atom is -0.481 e. The zero-order valence-corrected chi connectivity index (χ0v) is 20.4. The highest BCUT2D eigenvalue weighted by Crippen LogP contribution is 2.68. The number of hydrogen-bond acceptors (Lipinski definition) is 5. The maximum Gasteiger partial charge on any atom is 0.397 e. The summed E-state index contributed by atoms with van der Waals surface area (Å²) >= 11 is 0. The normalized spacial score (nSPS) is 47.2. The van der Waals surface area contributed by atoms with Crippen LogP contribution in [0, 0.1) is 46.3 Å². The van der Waals surface area contributed by atoms with Crippen LogP contribution < -0.4 is 0 Å². The second-order valence-electron chi connectivity index (χ2n) is 11.9. The van der Waals surface area contributed by atoms with Gasteiger partial charge in [0.25, 0.3) is 0 Å². The Bertz CT molecular complexity index is 828. The van der Waals surface area contributed by atoms with Crippen molar-refractivity contribution in [1.82, 2.24) is 0 Å². The van der Waals surface area contributed by atoms with Gasteiger partial charge in [0.2, 0.25) is 0 Å². The van der Waals surface area contributed by atoms with Gasteiger partial charge in [0.15, 0.2) is 0 Å². The predicted molar refractivity (Wildman–Crippen MR) is 119 cm³/mol. The number of carboxylic acid groups (broad SMARTS) is 1. The van der Waals surface area contributed by atoms with Crippen molar-refractivity contribution in [2.75, 3.05) is 0 Å². The molecule has 0 bridgehead atoms. The van der Waals surface area contributed by atoms with Gasteiger partial charge in [-0.25, -0.2) is 4.18 Å². The van der Waals surface area contributed by atoms with E-state index in [0.29, 0.717) is 49.4 Å². The molecule has 0 spiro atoms. The summed E-state index contributed by atoms with van der Waals surface area (Å²) in [6.45, 7) is 6.93. The molecule has 0 radical (unpaired) electrons. The van der Waals surface area contributed by atoms with Crippen LogP contribution in [0.5, 0.6) is 0 Å². The zero-order valence-electron chi connectivity index (χ0n) is 19.6. The van der Waals surface area contributed by atoms with E-state index in [1.807, 2.05) is 0 Å². The third-order valence-corrected chi connectivity index (χ3v) is 11.0. The lowest BCUT2D eigenvalue weighted by Gasteiger charge is -2.62. The average molecular weight is 473 g/mol. The first-order chi connectivity index (χ1) is 14.8. The number of rotatable bonds is 6. The predicted octanol–water partition coefficient (Wildman–Crippen LogP) is 4.31. The van der Waals surface area contributed by atoms with E-state index in [1.54, 1.807) is 0 Å². The van der Waals surface area contributed by atoms with Crippen molar-refractivity contribution in [1.29, 1.82) is 0 Å². The minimum atomic E-state index is -4.46. The molecule has 184 valence electrons. The molecule has 0 saturated heterocycles. The van der Waals surface area contributed by atoms with Crippen LogP contribution in [-0.2, 0) is 19.4 Å². The van der Waals surface area contributed by atoms with Gasteiger partial charge in [-0.05, 0) is 104 Å². The van der Waals surface area contributed by atoms with E-state index in [2.05, 4.69) is 20.8 Å². The molecule has 4 aliphatic carbocycles. The van der Waals surface area contributed by atoms with Crippen LogP contribution in [-0.4, -0.2) is 41.4 Å². The molecule has 1 unspecified atom stereocenters. The lowest BCUT2D eigenvalue weighted by Crippen LogP contribution is -2.58. The molecule has 0 amide bonds. The van der Waals surface area contributed by atoms with Crippen molar-refractivity contribution in [3.05, 3.63) is 0 Å². The van der Waals surface area contributed by atoms with E-state index < -0.39 is 28.6 Å². The van der Waals surface area contributed by atoms with Gasteiger partial charge >= 0.3 is 16.4 Å². The minimum absolute atomic E-state index is 0.0529. The molecule has 4 saturated carbocycles. The fourth-order valence-corrected chi connectivity index (χ4v) is 9.49. The van der Waals surface area contributed by atoms with Gasteiger partial charge < -0.3 is 10.2 Å². The molecular weight excluding hydrogens is 432 g/mol. The van der Waals surface area contributed by atoms with Gasteiger partial charge in [0.1, 0.15) is 0 Å². The van der Waals surface area contributed by atoms with Crippen molar-refractivity contribution in [3.8, 4) is 0 Å². The molecule has 4 rings (SSSR count). The maximum absolute atomic E-state index is 11.4. The van der Waals surface area contributed by atoms with E-state index in [4.69, 9.17) is 13.8 Å². The molecule has 4 aliphatic rings. The summed E-state index contributed by atoms with van der Waals surface area (Å²) in [6, 6.07) is 0. The monoisotopic (exact) mass is 472 g/mol. The van der Waals surface area contributed by atoms with Gasteiger partial charge in [-0.2, -0.15) is 8.42 Å². The standard InChI is InChI=1S/C24H40O7S/c1-14(4-7-21(26)27)17-5-6-18-22-19(9-11-24(17,18)3)23(2)10-8-16(31-32(28,29)30)12-15(23)13-20(22)25/h14-20,22,25H,4-13H2,1-3H3,(H,26,27)(H,28,29,30)/t14-,15-,16-,17?,18+,19+,20-,22-,23+,24-/m1/s1. The van der Waals surface area contributed by atoms with E-state index in [1.165, 1.54) is 0 Å². The number of fused-ring (bicyclic) bond motifs is 5. The first-order valence-electron chi connectivity index (χ1n) is 12.4. The molecule has 0 aromatic carbocycles. The molecular formula is C24H40O7S. The summed E-state index contributed by atoms with van der Waals surface area (Å²) in [4.78, 5) is 11.1. The highest BCUT2D eigenvalue weighted by molar-refractivity contribution is 7.80. The van der Waals surface area contributed by atoms with Gasteiger partial charge in [0.05, 0.1) is 12.2 Å². The second-order valence-corrected chi connectivity index (χ2v) is 12.9. The Morgan fingerprint density at radius 3 is 2.38 bits per heavy atom. The molecule has 32 heavy (non-hydrogen) atoms. The van der Waals surface area contributed by atoms with E-state index in [-0.39, 0.29) is 29.1 Å². The fourth-order valence-electron chi connectivity index (χ4n) is 8.97. The van der Waals surface area contributed by atoms with Crippen LogP contribution in [0.4, 0.5) is 0 Å². The molecule has 0 aromatic heterocycles. The van der Waals surface area contributed by atoms with Crippen molar-refractivity contribution >= 4 is 16.4 Å². The Morgan fingerprint density at radius 2 is 1.72 bits per heavy atom. The average Bonchev–Trinajstić information content (AvgIpc) is 3.03. The van der Waals surface area contributed by atoms with Gasteiger partial charge in [-0.15, -0.1) is 0 Å². The third kappa shape index (κ3) is 4.25. The fraction of sp³-hybridized carbons (Fsp3) is 0.958. The van der Waals surface area contributed by atoms with Crippen LogP contribution in [0.1, 0.15) is 85.0 Å². The van der Waals surface area contributed by atoms with Gasteiger partial charge in [-0.1, -0.05) is 20.8 Å². The SMILES string of the molecule is C[C@H](CCC(=O)O)C1CC[C@H]2[C@H]3[C@H](O)C[C@H]4C[C@H](OS(=O)(=O)O)CC[C@]4(C)[C@H]3CC[C@]12C. The summed E-state index contributed by atoms with van der Waals surface area (Å²) in [5.41, 5.74) is 0.200. The smallest absolute Gasteiger partial charge is 0.397 e. The molecule has 10 atom stereocenters. The van der Waals surface area contributed by atoms with Crippen molar-refractivity contribution < 1.29 is 32.2 Å². The molecule has 0 aliphatic heterocycles. The lowest BCUT2D eigenvalue weighted by molar-refractivity contribution is -0.172. The van der Waals surface area contributed by atoms with E-state index >= 15 is 0 Å². The number of aliphatic carboxylic acids is 1. The largest absolute Gasteiger partial charge is 0.481 e. The third-order valence-electron chi connectivity index (χ3n) is 10.5. The van der Waals surface area contributed by atoms with E-state index in [0.717, 1.165) is 32.1 Å². The molecule has 3 N–H and O–H groups in total. The van der Waals surface area contributed by atoms with Crippen LogP contribution >= 0.6 is 0 Å².